The van der Waals surface area contributed by atoms with Gasteiger partial charge in [0.15, 0.2) is 16.6 Å². The Bertz CT molecular complexity index is 1320. The van der Waals surface area contributed by atoms with E-state index in [1.807, 2.05) is 28.8 Å². The standard InChI is InChI=1S/C19H13FN6S/c20-12-3-1-2-10(8-12)15-16(26-7-6-23-18(26)17(21)25-15)11-4-5-13-14(9-11)27-19(22)24-13/h1-9H,(H2,21,25)(H2,22,24). The molecule has 132 valence electrons. The third kappa shape index (κ3) is 2.49. The van der Waals surface area contributed by atoms with Gasteiger partial charge in [-0.1, -0.05) is 29.5 Å². The molecule has 8 heteroatoms. The molecule has 0 fully saturated rings. The van der Waals surface area contributed by atoms with Crippen molar-refractivity contribution in [2.45, 2.75) is 0 Å². The highest BCUT2D eigenvalue weighted by atomic mass is 32.1. The van der Waals surface area contributed by atoms with Gasteiger partial charge >= 0.3 is 0 Å². The average Bonchev–Trinajstić information content (AvgIpc) is 3.27. The molecule has 0 saturated carbocycles. The SMILES string of the molecule is Nc1nc2ccc(-c3c(-c4cccc(F)c4)nc(N)c4nccn34)cc2s1. The van der Waals surface area contributed by atoms with Gasteiger partial charge in [-0.05, 0) is 24.3 Å². The molecule has 0 spiro atoms. The van der Waals surface area contributed by atoms with Crippen molar-refractivity contribution < 1.29 is 4.39 Å². The predicted molar refractivity (Wildman–Crippen MR) is 106 cm³/mol. The smallest absolute Gasteiger partial charge is 0.181 e. The first-order chi connectivity index (χ1) is 13.1. The van der Waals surface area contributed by atoms with Crippen molar-refractivity contribution in [1.29, 1.82) is 0 Å². The van der Waals surface area contributed by atoms with Crippen LogP contribution in [0.5, 0.6) is 0 Å². The lowest BCUT2D eigenvalue weighted by Gasteiger charge is -2.14. The van der Waals surface area contributed by atoms with Crippen LogP contribution in [0.15, 0.2) is 54.9 Å². The van der Waals surface area contributed by atoms with E-state index >= 15 is 0 Å². The lowest BCUT2D eigenvalue weighted by Crippen LogP contribution is -2.03. The van der Waals surface area contributed by atoms with Gasteiger partial charge in [0.05, 0.1) is 21.6 Å². The van der Waals surface area contributed by atoms with Crippen LogP contribution in [0.3, 0.4) is 0 Å². The Hall–Kier alpha value is -3.52. The second-order valence-corrected chi connectivity index (χ2v) is 7.12. The minimum atomic E-state index is -0.338. The minimum absolute atomic E-state index is 0.283. The number of anilines is 2. The Balaban J connectivity index is 1.87. The van der Waals surface area contributed by atoms with Crippen molar-refractivity contribution in [3.8, 4) is 22.5 Å². The first-order valence-electron chi connectivity index (χ1n) is 8.15. The first-order valence-corrected chi connectivity index (χ1v) is 8.97. The lowest BCUT2D eigenvalue weighted by atomic mass is 10.0. The van der Waals surface area contributed by atoms with Crippen molar-refractivity contribution in [1.82, 2.24) is 19.4 Å². The Morgan fingerprint density at radius 3 is 2.74 bits per heavy atom. The van der Waals surface area contributed by atoms with E-state index in [-0.39, 0.29) is 11.6 Å². The van der Waals surface area contributed by atoms with Crippen LogP contribution in [-0.2, 0) is 0 Å². The molecular weight excluding hydrogens is 363 g/mol. The number of rotatable bonds is 2. The number of benzene rings is 2. The fourth-order valence-electron chi connectivity index (χ4n) is 3.21. The number of halogens is 1. The molecule has 0 aliphatic carbocycles. The lowest BCUT2D eigenvalue weighted by molar-refractivity contribution is 0.628. The van der Waals surface area contributed by atoms with Crippen LogP contribution in [-0.4, -0.2) is 19.4 Å². The number of hydrogen-bond acceptors (Lipinski definition) is 6. The van der Waals surface area contributed by atoms with Gasteiger partial charge in [0.1, 0.15) is 5.82 Å². The van der Waals surface area contributed by atoms with Crippen molar-refractivity contribution in [3.63, 3.8) is 0 Å². The van der Waals surface area contributed by atoms with E-state index in [9.17, 15) is 4.39 Å². The van der Waals surface area contributed by atoms with Crippen LogP contribution in [0.1, 0.15) is 0 Å². The van der Waals surface area contributed by atoms with Crippen LogP contribution in [0.2, 0.25) is 0 Å². The van der Waals surface area contributed by atoms with Crippen LogP contribution in [0, 0.1) is 5.82 Å². The minimum Gasteiger partial charge on any atom is -0.381 e. The van der Waals surface area contributed by atoms with Crippen molar-refractivity contribution in [2.24, 2.45) is 0 Å². The number of hydrogen-bond donors (Lipinski definition) is 2. The molecule has 4 N–H and O–H groups in total. The number of imidazole rings is 1. The largest absolute Gasteiger partial charge is 0.381 e. The zero-order chi connectivity index (χ0) is 18.5. The van der Waals surface area contributed by atoms with E-state index in [4.69, 9.17) is 11.5 Å². The van der Waals surface area contributed by atoms with E-state index in [0.29, 0.717) is 22.0 Å². The van der Waals surface area contributed by atoms with Crippen molar-refractivity contribution in [3.05, 3.63) is 60.7 Å². The van der Waals surface area contributed by atoms with E-state index in [1.54, 1.807) is 18.3 Å². The molecule has 0 amide bonds. The van der Waals surface area contributed by atoms with Gasteiger partial charge in [0.25, 0.3) is 0 Å². The molecule has 0 bridgehead atoms. The Morgan fingerprint density at radius 2 is 1.89 bits per heavy atom. The van der Waals surface area contributed by atoms with Gasteiger partial charge in [0, 0.05) is 23.5 Å². The topological polar surface area (TPSA) is 95.1 Å². The first kappa shape index (κ1) is 15.7. The highest BCUT2D eigenvalue weighted by molar-refractivity contribution is 7.22. The van der Waals surface area contributed by atoms with Crippen LogP contribution in [0.25, 0.3) is 38.4 Å². The summed E-state index contributed by atoms with van der Waals surface area (Å²) in [4.78, 5) is 13.1. The van der Waals surface area contributed by atoms with E-state index in [1.165, 1.54) is 23.5 Å². The summed E-state index contributed by atoms with van der Waals surface area (Å²) in [6.07, 6.45) is 3.48. The molecule has 5 rings (SSSR count). The molecule has 6 nitrogen and oxygen atoms in total. The van der Waals surface area contributed by atoms with E-state index < -0.39 is 0 Å². The maximum Gasteiger partial charge on any atom is 0.181 e. The molecule has 0 aliphatic rings. The molecule has 0 aliphatic heterocycles. The number of fused-ring (bicyclic) bond motifs is 2. The number of nitrogen functional groups attached to an aromatic ring is 2. The summed E-state index contributed by atoms with van der Waals surface area (Å²) < 4.78 is 16.7. The van der Waals surface area contributed by atoms with Gasteiger partial charge in [-0.2, -0.15) is 0 Å². The third-order valence-corrected chi connectivity index (χ3v) is 5.19. The average molecular weight is 376 g/mol. The highest BCUT2D eigenvalue weighted by Crippen LogP contribution is 2.36. The van der Waals surface area contributed by atoms with Crippen molar-refractivity contribution >= 4 is 38.2 Å². The summed E-state index contributed by atoms with van der Waals surface area (Å²) in [5.41, 5.74) is 16.2. The quantitative estimate of drug-likeness (QED) is 0.486. The molecule has 2 aromatic carbocycles. The molecule has 0 saturated heterocycles. The fourth-order valence-corrected chi connectivity index (χ4v) is 3.99. The van der Waals surface area contributed by atoms with Crippen LogP contribution < -0.4 is 11.5 Å². The number of aromatic nitrogens is 4. The maximum absolute atomic E-state index is 13.9. The molecule has 27 heavy (non-hydrogen) atoms. The molecular formula is C19H13FN6S. The van der Waals surface area contributed by atoms with E-state index in [2.05, 4.69) is 15.0 Å². The Morgan fingerprint density at radius 1 is 1.00 bits per heavy atom. The molecule has 3 heterocycles. The molecule has 0 unspecified atom stereocenters. The summed E-state index contributed by atoms with van der Waals surface area (Å²) in [6.45, 7) is 0. The molecule has 0 radical (unpaired) electrons. The summed E-state index contributed by atoms with van der Waals surface area (Å²) in [7, 11) is 0. The summed E-state index contributed by atoms with van der Waals surface area (Å²) >= 11 is 1.41. The van der Waals surface area contributed by atoms with Gasteiger partial charge in [-0.3, -0.25) is 4.40 Å². The van der Waals surface area contributed by atoms with Gasteiger partial charge < -0.3 is 11.5 Å². The number of nitrogens with two attached hydrogens (primary N) is 2. The molecule has 3 aromatic heterocycles. The second-order valence-electron chi connectivity index (χ2n) is 6.06. The number of nitrogens with zero attached hydrogens (tertiary/aromatic N) is 4. The monoisotopic (exact) mass is 376 g/mol. The van der Waals surface area contributed by atoms with Gasteiger partial charge in [-0.15, -0.1) is 0 Å². The fraction of sp³-hybridized carbons (Fsp3) is 0. The summed E-state index contributed by atoms with van der Waals surface area (Å²) in [5, 5.41) is 0.510. The zero-order valence-corrected chi connectivity index (χ0v) is 14.7. The zero-order valence-electron chi connectivity index (χ0n) is 13.9. The van der Waals surface area contributed by atoms with Crippen LogP contribution in [0.4, 0.5) is 15.3 Å². The summed E-state index contributed by atoms with van der Waals surface area (Å²) in [6, 6.07) is 12.1. The summed E-state index contributed by atoms with van der Waals surface area (Å²) in [5.74, 6) is -0.0543. The highest BCUT2D eigenvalue weighted by Gasteiger charge is 2.18. The van der Waals surface area contributed by atoms with Gasteiger partial charge in [-0.25, -0.2) is 19.3 Å². The number of thiazole rings is 1. The predicted octanol–water partition coefficient (Wildman–Crippen LogP) is 3.98. The van der Waals surface area contributed by atoms with Crippen molar-refractivity contribution in [2.75, 3.05) is 11.5 Å². The molecule has 0 atom stereocenters. The Labute approximate surface area is 156 Å². The van der Waals surface area contributed by atoms with Crippen LogP contribution >= 0.6 is 11.3 Å². The van der Waals surface area contributed by atoms with Gasteiger partial charge in [0.2, 0.25) is 0 Å². The van der Waals surface area contributed by atoms with E-state index in [0.717, 1.165) is 21.5 Å². The molecule has 5 aromatic rings. The maximum atomic E-state index is 13.9. The second kappa shape index (κ2) is 5.75. The third-order valence-electron chi connectivity index (χ3n) is 4.34. The normalized spacial score (nSPS) is 11.4. The Kier molecular flexibility index (Phi) is 3.34.